The van der Waals surface area contributed by atoms with Crippen molar-refractivity contribution < 1.29 is 13.9 Å². The van der Waals surface area contributed by atoms with Crippen LogP contribution in [0.15, 0.2) is 42.5 Å². The third-order valence-electron chi connectivity index (χ3n) is 2.05. The quantitative estimate of drug-likeness (QED) is 0.761. The van der Waals surface area contributed by atoms with Gasteiger partial charge in [0.15, 0.2) is 0 Å². The van der Waals surface area contributed by atoms with Gasteiger partial charge >= 0.3 is 0 Å². The molecule has 4 heteroatoms. The van der Waals surface area contributed by atoms with Crippen LogP contribution < -0.4 is 5.32 Å². The standard InChI is InChI=1S/C12H9F2NO/c13-8-5-9(14)7-10(6-8)15-11-3-1-2-4-12(11)16/h1-7,15-16H. The summed E-state index contributed by atoms with van der Waals surface area (Å²) in [5, 5.41) is 12.2. The molecule has 0 saturated heterocycles. The van der Waals surface area contributed by atoms with Crippen LogP contribution in [0.3, 0.4) is 0 Å². The second-order valence-corrected chi connectivity index (χ2v) is 3.30. The van der Waals surface area contributed by atoms with Crippen LogP contribution in [-0.4, -0.2) is 5.11 Å². The van der Waals surface area contributed by atoms with E-state index in [1.807, 2.05) is 0 Å². The fourth-order valence-corrected chi connectivity index (χ4v) is 1.36. The summed E-state index contributed by atoms with van der Waals surface area (Å²) < 4.78 is 25.8. The van der Waals surface area contributed by atoms with E-state index >= 15 is 0 Å². The molecule has 0 radical (unpaired) electrons. The van der Waals surface area contributed by atoms with Crippen molar-refractivity contribution in [2.75, 3.05) is 5.32 Å². The Labute approximate surface area is 91.2 Å². The number of para-hydroxylation sites is 2. The number of hydrogen-bond acceptors (Lipinski definition) is 2. The largest absolute Gasteiger partial charge is 0.506 e. The van der Waals surface area contributed by atoms with Gasteiger partial charge in [-0.25, -0.2) is 8.78 Å². The smallest absolute Gasteiger partial charge is 0.139 e. The lowest BCUT2D eigenvalue weighted by Gasteiger charge is -2.08. The monoisotopic (exact) mass is 221 g/mol. The maximum absolute atomic E-state index is 12.9. The van der Waals surface area contributed by atoms with Gasteiger partial charge in [-0.3, -0.25) is 0 Å². The van der Waals surface area contributed by atoms with Crippen LogP contribution in [0.4, 0.5) is 20.2 Å². The van der Waals surface area contributed by atoms with Crippen LogP contribution in [0, 0.1) is 11.6 Å². The molecule has 2 nitrogen and oxygen atoms in total. The van der Waals surface area contributed by atoms with E-state index in [2.05, 4.69) is 5.32 Å². The molecule has 0 fully saturated rings. The molecule has 2 aromatic rings. The lowest BCUT2D eigenvalue weighted by molar-refractivity contribution is 0.477. The van der Waals surface area contributed by atoms with Crippen LogP contribution in [-0.2, 0) is 0 Å². The van der Waals surface area contributed by atoms with Gasteiger partial charge in [0.25, 0.3) is 0 Å². The Morgan fingerprint density at radius 1 is 0.938 bits per heavy atom. The Bertz CT molecular complexity index is 494. The lowest BCUT2D eigenvalue weighted by Crippen LogP contribution is -1.92. The van der Waals surface area contributed by atoms with Gasteiger partial charge in [-0.2, -0.15) is 0 Å². The van der Waals surface area contributed by atoms with Crippen molar-refractivity contribution in [1.29, 1.82) is 0 Å². The first-order chi connectivity index (χ1) is 7.65. The molecular formula is C12H9F2NO. The van der Waals surface area contributed by atoms with Gasteiger partial charge in [-0.1, -0.05) is 12.1 Å². The Morgan fingerprint density at radius 3 is 2.19 bits per heavy atom. The molecule has 0 aliphatic rings. The molecule has 2 aromatic carbocycles. The average molecular weight is 221 g/mol. The molecule has 16 heavy (non-hydrogen) atoms. The van der Waals surface area contributed by atoms with E-state index in [4.69, 9.17) is 0 Å². The Morgan fingerprint density at radius 2 is 1.56 bits per heavy atom. The highest BCUT2D eigenvalue weighted by Gasteiger charge is 2.03. The minimum atomic E-state index is -0.669. The highest BCUT2D eigenvalue weighted by Crippen LogP contribution is 2.26. The Kier molecular flexibility index (Phi) is 2.72. The molecule has 0 atom stereocenters. The predicted octanol–water partition coefficient (Wildman–Crippen LogP) is 3.41. The zero-order chi connectivity index (χ0) is 11.5. The highest BCUT2D eigenvalue weighted by molar-refractivity contribution is 5.65. The number of halogens is 2. The number of phenolic OH excluding ortho intramolecular Hbond substituents is 1. The molecule has 0 aliphatic heterocycles. The van der Waals surface area contributed by atoms with Crippen molar-refractivity contribution in [1.82, 2.24) is 0 Å². The topological polar surface area (TPSA) is 32.3 Å². The third-order valence-corrected chi connectivity index (χ3v) is 2.05. The molecule has 0 bridgehead atoms. The van der Waals surface area contributed by atoms with Gasteiger partial charge in [0, 0.05) is 11.8 Å². The van der Waals surface area contributed by atoms with E-state index in [-0.39, 0.29) is 11.4 Å². The van der Waals surface area contributed by atoms with Crippen molar-refractivity contribution in [2.24, 2.45) is 0 Å². The highest BCUT2D eigenvalue weighted by atomic mass is 19.1. The number of nitrogens with one attached hydrogen (secondary N) is 1. The summed E-state index contributed by atoms with van der Waals surface area (Å²) in [5.74, 6) is -1.32. The molecule has 0 amide bonds. The van der Waals surface area contributed by atoms with Gasteiger partial charge in [-0.05, 0) is 24.3 Å². The van der Waals surface area contributed by atoms with Crippen LogP contribution in [0.5, 0.6) is 5.75 Å². The number of benzene rings is 2. The Hall–Kier alpha value is -2.10. The molecule has 0 spiro atoms. The normalized spacial score (nSPS) is 10.1. The van der Waals surface area contributed by atoms with Crippen molar-refractivity contribution in [2.45, 2.75) is 0 Å². The summed E-state index contributed by atoms with van der Waals surface area (Å²) in [6.07, 6.45) is 0. The van der Waals surface area contributed by atoms with E-state index in [1.54, 1.807) is 18.2 Å². The van der Waals surface area contributed by atoms with Crippen LogP contribution in [0.2, 0.25) is 0 Å². The molecular weight excluding hydrogens is 212 g/mol. The van der Waals surface area contributed by atoms with Gasteiger partial charge in [-0.15, -0.1) is 0 Å². The fourth-order valence-electron chi connectivity index (χ4n) is 1.36. The van der Waals surface area contributed by atoms with E-state index in [0.29, 0.717) is 5.69 Å². The van der Waals surface area contributed by atoms with Crippen LogP contribution >= 0.6 is 0 Å². The fraction of sp³-hybridized carbons (Fsp3) is 0. The molecule has 0 aromatic heterocycles. The van der Waals surface area contributed by atoms with Crippen LogP contribution in [0.1, 0.15) is 0 Å². The molecule has 82 valence electrons. The van der Waals surface area contributed by atoms with Gasteiger partial charge in [0.2, 0.25) is 0 Å². The van der Waals surface area contributed by atoms with E-state index in [9.17, 15) is 13.9 Å². The summed E-state index contributed by atoms with van der Waals surface area (Å²) in [4.78, 5) is 0. The maximum Gasteiger partial charge on any atom is 0.139 e. The maximum atomic E-state index is 12.9. The summed E-state index contributed by atoms with van der Waals surface area (Å²) in [5.41, 5.74) is 0.645. The van der Waals surface area contributed by atoms with Crippen molar-refractivity contribution in [3.8, 4) is 5.75 Å². The lowest BCUT2D eigenvalue weighted by atomic mass is 10.2. The molecule has 0 aliphatic carbocycles. The van der Waals surface area contributed by atoms with Crippen molar-refractivity contribution in [3.63, 3.8) is 0 Å². The summed E-state index contributed by atoms with van der Waals surface area (Å²) in [6, 6.07) is 9.54. The first-order valence-corrected chi connectivity index (χ1v) is 4.66. The van der Waals surface area contributed by atoms with E-state index in [0.717, 1.165) is 18.2 Å². The number of aromatic hydroxyl groups is 1. The average Bonchev–Trinajstić information content (AvgIpc) is 2.20. The van der Waals surface area contributed by atoms with Crippen molar-refractivity contribution in [3.05, 3.63) is 54.1 Å². The molecule has 2 N–H and O–H groups in total. The third kappa shape index (κ3) is 2.28. The SMILES string of the molecule is Oc1ccccc1Nc1cc(F)cc(F)c1. The second kappa shape index (κ2) is 4.18. The molecule has 0 unspecified atom stereocenters. The van der Waals surface area contributed by atoms with Gasteiger partial charge in [0.05, 0.1) is 5.69 Å². The van der Waals surface area contributed by atoms with Gasteiger partial charge < -0.3 is 10.4 Å². The molecule has 0 heterocycles. The zero-order valence-corrected chi connectivity index (χ0v) is 8.24. The first-order valence-electron chi connectivity index (χ1n) is 4.66. The molecule has 2 rings (SSSR count). The summed E-state index contributed by atoms with van der Waals surface area (Å²) in [7, 11) is 0. The van der Waals surface area contributed by atoms with Gasteiger partial charge in [0.1, 0.15) is 17.4 Å². The van der Waals surface area contributed by atoms with E-state index in [1.165, 1.54) is 6.07 Å². The number of rotatable bonds is 2. The minimum absolute atomic E-state index is 0.0205. The number of anilines is 2. The predicted molar refractivity (Wildman–Crippen MR) is 57.7 cm³/mol. The minimum Gasteiger partial charge on any atom is -0.506 e. The van der Waals surface area contributed by atoms with E-state index < -0.39 is 11.6 Å². The summed E-state index contributed by atoms with van der Waals surface area (Å²) >= 11 is 0. The first kappa shape index (κ1) is 10.4. The Balaban J connectivity index is 2.30. The zero-order valence-electron chi connectivity index (χ0n) is 8.24. The molecule has 0 saturated carbocycles. The van der Waals surface area contributed by atoms with Crippen molar-refractivity contribution >= 4 is 11.4 Å². The number of phenols is 1. The summed E-state index contributed by atoms with van der Waals surface area (Å²) in [6.45, 7) is 0. The number of hydrogen-bond donors (Lipinski definition) is 2. The van der Waals surface area contributed by atoms with Crippen LogP contribution in [0.25, 0.3) is 0 Å². The second-order valence-electron chi connectivity index (χ2n) is 3.30.